The molecule has 0 bridgehead atoms. The van der Waals surface area contributed by atoms with Crippen molar-refractivity contribution >= 4 is 33.5 Å². The zero-order valence-corrected chi connectivity index (χ0v) is 17.8. The molecule has 4 rings (SSSR count). The molecule has 0 atom stereocenters. The fourth-order valence-electron chi connectivity index (χ4n) is 4.60. The Labute approximate surface area is 180 Å². The van der Waals surface area contributed by atoms with Gasteiger partial charge in [-0.1, -0.05) is 36.3 Å². The van der Waals surface area contributed by atoms with Gasteiger partial charge in [-0.15, -0.1) is 10.2 Å². The third-order valence-corrected chi connectivity index (χ3v) is 7.05. The second-order valence-electron chi connectivity index (χ2n) is 8.43. The molecule has 8 heteroatoms. The number of carbonyl (C=O) groups excluding carboxylic acids is 1. The number of anilines is 2. The maximum atomic E-state index is 12.6. The van der Waals surface area contributed by atoms with E-state index in [-0.39, 0.29) is 12.3 Å². The number of nitrogens with zero attached hydrogens (tertiary/aromatic N) is 2. The average molecular weight is 429 g/mol. The van der Waals surface area contributed by atoms with Crippen molar-refractivity contribution in [2.75, 3.05) is 10.6 Å². The van der Waals surface area contributed by atoms with Crippen molar-refractivity contribution in [1.29, 1.82) is 0 Å². The molecule has 1 aromatic heterocycles. The molecule has 0 unspecified atom stereocenters. The standard InChI is InChI=1S/C22H28N4O3S/c27-19(28)13-14-5-7-15(8-6-14)16-9-11-17(12-10-16)20(29)24-22-26-25-21(30-22)23-18-3-1-2-4-18/h9-12,14-15,18H,1-8,13H2,(H,23,25)(H,27,28)(H,24,26,29). The van der Waals surface area contributed by atoms with Crippen molar-refractivity contribution in [3.63, 3.8) is 0 Å². The largest absolute Gasteiger partial charge is 0.481 e. The third-order valence-electron chi connectivity index (χ3n) is 6.28. The number of carboxylic acids is 1. The molecule has 1 aromatic carbocycles. The van der Waals surface area contributed by atoms with Gasteiger partial charge in [-0.3, -0.25) is 14.9 Å². The Morgan fingerprint density at radius 2 is 1.63 bits per heavy atom. The minimum atomic E-state index is -0.703. The molecule has 2 fully saturated rings. The van der Waals surface area contributed by atoms with Crippen LogP contribution in [-0.2, 0) is 4.79 Å². The lowest BCUT2D eigenvalue weighted by Gasteiger charge is -2.28. The lowest BCUT2D eigenvalue weighted by molar-refractivity contribution is -0.138. The van der Waals surface area contributed by atoms with Gasteiger partial charge in [0.05, 0.1) is 0 Å². The van der Waals surface area contributed by atoms with E-state index in [2.05, 4.69) is 20.8 Å². The van der Waals surface area contributed by atoms with Gasteiger partial charge in [-0.25, -0.2) is 0 Å². The van der Waals surface area contributed by atoms with Crippen LogP contribution in [0.2, 0.25) is 0 Å². The van der Waals surface area contributed by atoms with Gasteiger partial charge in [0.15, 0.2) is 0 Å². The first-order valence-corrected chi connectivity index (χ1v) is 11.6. The fraction of sp³-hybridized carbons (Fsp3) is 0.545. The predicted octanol–water partition coefficient (Wildman–Crippen LogP) is 4.89. The summed E-state index contributed by atoms with van der Waals surface area (Å²) in [5.74, 6) is -0.149. The summed E-state index contributed by atoms with van der Waals surface area (Å²) in [7, 11) is 0. The Kier molecular flexibility index (Phi) is 6.62. The van der Waals surface area contributed by atoms with Gasteiger partial charge in [0, 0.05) is 18.0 Å². The molecule has 1 heterocycles. The lowest BCUT2D eigenvalue weighted by atomic mass is 9.77. The van der Waals surface area contributed by atoms with Crippen molar-refractivity contribution in [3.8, 4) is 0 Å². The first-order valence-electron chi connectivity index (χ1n) is 10.8. The molecule has 0 aliphatic heterocycles. The Morgan fingerprint density at radius 1 is 0.967 bits per heavy atom. The summed E-state index contributed by atoms with van der Waals surface area (Å²) in [5.41, 5.74) is 1.82. The highest BCUT2D eigenvalue weighted by Crippen LogP contribution is 2.37. The molecule has 2 aliphatic rings. The summed E-state index contributed by atoms with van der Waals surface area (Å²) >= 11 is 1.37. The van der Waals surface area contributed by atoms with E-state index in [0.717, 1.165) is 43.7 Å². The van der Waals surface area contributed by atoms with Crippen molar-refractivity contribution in [2.24, 2.45) is 5.92 Å². The molecular weight excluding hydrogens is 400 g/mol. The molecule has 2 aliphatic carbocycles. The number of hydrogen-bond acceptors (Lipinski definition) is 6. The zero-order chi connectivity index (χ0) is 20.9. The van der Waals surface area contributed by atoms with E-state index >= 15 is 0 Å². The van der Waals surface area contributed by atoms with Gasteiger partial charge < -0.3 is 10.4 Å². The van der Waals surface area contributed by atoms with E-state index in [1.807, 2.05) is 24.3 Å². The van der Waals surface area contributed by atoms with Crippen LogP contribution in [0.1, 0.15) is 79.6 Å². The Morgan fingerprint density at radius 3 is 2.30 bits per heavy atom. The Bertz CT molecular complexity index is 869. The minimum Gasteiger partial charge on any atom is -0.481 e. The van der Waals surface area contributed by atoms with Gasteiger partial charge in [-0.05, 0) is 68.1 Å². The maximum absolute atomic E-state index is 12.6. The highest BCUT2D eigenvalue weighted by molar-refractivity contribution is 7.19. The van der Waals surface area contributed by atoms with Crippen molar-refractivity contribution in [3.05, 3.63) is 35.4 Å². The number of nitrogens with one attached hydrogen (secondary N) is 2. The van der Waals surface area contributed by atoms with Crippen LogP contribution in [0, 0.1) is 5.92 Å². The number of hydrogen-bond donors (Lipinski definition) is 3. The number of aliphatic carboxylic acids is 1. The van der Waals surface area contributed by atoms with Gasteiger partial charge in [0.25, 0.3) is 5.91 Å². The number of amides is 1. The zero-order valence-electron chi connectivity index (χ0n) is 17.0. The van der Waals surface area contributed by atoms with Crippen molar-refractivity contribution in [2.45, 2.75) is 69.7 Å². The van der Waals surface area contributed by atoms with E-state index in [0.29, 0.717) is 28.6 Å². The Hall–Kier alpha value is -2.48. The highest BCUT2D eigenvalue weighted by atomic mass is 32.1. The molecule has 2 aromatic rings. The smallest absolute Gasteiger partial charge is 0.303 e. The first-order chi connectivity index (χ1) is 14.6. The van der Waals surface area contributed by atoms with E-state index in [1.54, 1.807) is 0 Å². The van der Waals surface area contributed by atoms with Gasteiger partial charge in [0.1, 0.15) is 0 Å². The monoisotopic (exact) mass is 428 g/mol. The van der Waals surface area contributed by atoms with Crippen LogP contribution in [0.5, 0.6) is 0 Å². The van der Waals surface area contributed by atoms with Crippen LogP contribution in [0.3, 0.4) is 0 Å². The summed E-state index contributed by atoms with van der Waals surface area (Å²) in [4.78, 5) is 23.4. The molecule has 160 valence electrons. The quantitative estimate of drug-likeness (QED) is 0.580. The summed E-state index contributed by atoms with van der Waals surface area (Å²) < 4.78 is 0. The van der Waals surface area contributed by atoms with Gasteiger partial charge in [0.2, 0.25) is 10.3 Å². The molecule has 2 saturated carbocycles. The number of aromatic nitrogens is 2. The summed E-state index contributed by atoms with van der Waals surface area (Å²) in [6, 6.07) is 8.21. The van der Waals surface area contributed by atoms with E-state index in [9.17, 15) is 9.59 Å². The molecule has 30 heavy (non-hydrogen) atoms. The number of carboxylic acid groups (broad SMARTS) is 1. The predicted molar refractivity (Wildman–Crippen MR) is 117 cm³/mol. The molecule has 0 saturated heterocycles. The van der Waals surface area contributed by atoms with Crippen LogP contribution in [-0.4, -0.2) is 33.2 Å². The van der Waals surface area contributed by atoms with Gasteiger partial charge >= 0.3 is 5.97 Å². The lowest BCUT2D eigenvalue weighted by Crippen LogP contribution is -2.16. The molecule has 0 spiro atoms. The third kappa shape index (κ3) is 5.36. The maximum Gasteiger partial charge on any atom is 0.303 e. The molecule has 3 N–H and O–H groups in total. The number of benzene rings is 1. The highest BCUT2D eigenvalue weighted by Gasteiger charge is 2.24. The number of carbonyl (C=O) groups is 2. The molecular formula is C22H28N4O3S. The second kappa shape index (κ2) is 9.55. The number of rotatable bonds is 7. The van der Waals surface area contributed by atoms with Gasteiger partial charge in [-0.2, -0.15) is 0 Å². The summed E-state index contributed by atoms with van der Waals surface area (Å²) in [6.45, 7) is 0. The minimum absolute atomic E-state index is 0.185. The normalized spacial score (nSPS) is 22.0. The second-order valence-corrected chi connectivity index (χ2v) is 9.41. The van der Waals surface area contributed by atoms with Crippen LogP contribution in [0.4, 0.5) is 10.3 Å². The van der Waals surface area contributed by atoms with Crippen molar-refractivity contribution in [1.82, 2.24) is 10.2 Å². The van der Waals surface area contributed by atoms with E-state index < -0.39 is 5.97 Å². The van der Waals surface area contributed by atoms with Crippen LogP contribution < -0.4 is 10.6 Å². The molecule has 7 nitrogen and oxygen atoms in total. The van der Waals surface area contributed by atoms with Crippen LogP contribution in [0.15, 0.2) is 24.3 Å². The van der Waals surface area contributed by atoms with Crippen molar-refractivity contribution < 1.29 is 14.7 Å². The molecule has 1 amide bonds. The van der Waals surface area contributed by atoms with Crippen LogP contribution in [0.25, 0.3) is 0 Å². The first kappa shape index (κ1) is 20.8. The van der Waals surface area contributed by atoms with E-state index in [1.165, 1.54) is 29.7 Å². The average Bonchev–Trinajstić information content (AvgIpc) is 3.41. The summed E-state index contributed by atoms with van der Waals surface area (Å²) in [5, 5.41) is 24.6. The fourth-order valence-corrected chi connectivity index (χ4v) is 5.32. The summed E-state index contributed by atoms with van der Waals surface area (Å²) in [6.07, 6.45) is 9.01. The van der Waals surface area contributed by atoms with E-state index in [4.69, 9.17) is 5.11 Å². The molecule has 0 radical (unpaired) electrons. The topological polar surface area (TPSA) is 104 Å². The van der Waals surface area contributed by atoms with Crippen LogP contribution >= 0.6 is 11.3 Å². The Balaban J connectivity index is 1.29. The SMILES string of the molecule is O=C(O)CC1CCC(c2ccc(C(=O)Nc3nnc(NC4CCCC4)s3)cc2)CC1.